The zero-order chi connectivity index (χ0) is 44.1. The molecule has 0 aromatic heterocycles. The Hall–Kier alpha value is -1.96. The maximum Gasteiger partial charge on any atom is 0.331 e. The van der Waals surface area contributed by atoms with Crippen molar-refractivity contribution >= 4 is 33.5 Å². The minimum Gasteiger partial charge on any atom is -0.462 e. The van der Waals surface area contributed by atoms with Gasteiger partial charge >= 0.3 is 11.9 Å². The Kier molecular flexibility index (Phi) is 13.4. The summed E-state index contributed by atoms with van der Waals surface area (Å²) in [6, 6.07) is 10.9. The smallest absolute Gasteiger partial charge is 0.331 e. The second-order valence-electron chi connectivity index (χ2n) is 22.7. The van der Waals surface area contributed by atoms with Crippen molar-refractivity contribution in [2.45, 2.75) is 186 Å². The third-order valence-corrected chi connectivity index (χ3v) is 21.9. The van der Waals surface area contributed by atoms with Gasteiger partial charge in [-0.05, 0) is 142 Å². The Morgan fingerprint density at radius 3 is 2.32 bits per heavy atom. The molecule has 346 valence electrons. The number of benzene rings is 1. The van der Waals surface area contributed by atoms with Gasteiger partial charge in [0.25, 0.3) is 0 Å². The fourth-order valence-corrected chi connectivity index (χ4v) is 19.3. The van der Waals surface area contributed by atoms with Crippen LogP contribution < -0.4 is 0 Å². The first-order valence-corrected chi connectivity index (χ1v) is 27.7. The fraction of sp³-hybridized carbons (Fsp3) is 0.778. The molecule has 1 aromatic carbocycles. The fourth-order valence-electron chi connectivity index (χ4n) is 16.3. The average molecular weight is 901 g/mol. The van der Waals surface area contributed by atoms with Crippen LogP contribution in [0.1, 0.15) is 161 Å². The zero-order valence-electron chi connectivity index (χ0n) is 38.6. The molecule has 8 aliphatic rings. The molecular weight excluding hydrogens is 825 g/mol. The van der Waals surface area contributed by atoms with Crippen molar-refractivity contribution in [2.24, 2.45) is 56.7 Å². The monoisotopic (exact) mass is 901 g/mol. The summed E-state index contributed by atoms with van der Waals surface area (Å²) in [5.41, 5.74) is -3.21. The second kappa shape index (κ2) is 18.3. The van der Waals surface area contributed by atoms with E-state index in [4.69, 9.17) is 9.47 Å². The summed E-state index contributed by atoms with van der Waals surface area (Å²) in [6.45, 7) is 6.93. The quantitative estimate of drug-likeness (QED) is 0.146. The number of ether oxygens (including phenoxy) is 2. The molecule has 9 heteroatoms. The number of carbonyl (C=O) groups excluding carboxylic acids is 2. The molecule has 3 heterocycles. The first-order chi connectivity index (χ1) is 30.3. The van der Waals surface area contributed by atoms with Gasteiger partial charge in [0.1, 0.15) is 12.7 Å². The highest BCUT2D eigenvalue weighted by molar-refractivity contribution is 8.76. The normalized spacial score (nSPS) is 43.3. The van der Waals surface area contributed by atoms with Crippen LogP contribution >= 0.6 is 21.6 Å². The van der Waals surface area contributed by atoms with E-state index in [0.717, 1.165) is 101 Å². The summed E-state index contributed by atoms with van der Waals surface area (Å²) in [6.07, 6.45) is 17.7. The lowest BCUT2D eigenvalue weighted by molar-refractivity contribution is -0.339. The molecule has 5 saturated carbocycles. The molecule has 63 heavy (non-hydrogen) atoms. The molecular formula is C54H76O7S2. The highest BCUT2D eigenvalue weighted by Gasteiger charge is 2.78. The molecule has 4 bridgehead atoms. The first kappa shape index (κ1) is 46.2. The summed E-state index contributed by atoms with van der Waals surface area (Å²) in [4.78, 5) is 28.4. The van der Waals surface area contributed by atoms with E-state index in [0.29, 0.717) is 49.9 Å². The van der Waals surface area contributed by atoms with E-state index in [9.17, 15) is 20.1 Å². The highest BCUT2D eigenvalue weighted by Crippen LogP contribution is 2.72. The van der Waals surface area contributed by atoms with E-state index in [-0.39, 0.29) is 36.3 Å². The Morgan fingerprint density at radius 1 is 0.841 bits per heavy atom. The lowest BCUT2D eigenvalue weighted by Crippen LogP contribution is -2.79. The van der Waals surface area contributed by atoms with Crippen LogP contribution in [-0.2, 0) is 25.5 Å². The van der Waals surface area contributed by atoms with Gasteiger partial charge in [-0.15, -0.1) is 5.92 Å². The van der Waals surface area contributed by atoms with E-state index < -0.39 is 51.5 Å². The number of fused-ring (bicyclic) bond motifs is 3. The van der Waals surface area contributed by atoms with Crippen molar-refractivity contribution in [3.63, 3.8) is 0 Å². The van der Waals surface area contributed by atoms with Crippen LogP contribution in [0.5, 0.6) is 0 Å². The Labute approximate surface area is 386 Å². The number of carbonyl (C=O) groups is 2. The summed E-state index contributed by atoms with van der Waals surface area (Å²) in [5.74, 6) is 9.54. The number of hydrogen-bond acceptors (Lipinski definition) is 9. The second-order valence-corrected chi connectivity index (χ2v) is 25.3. The van der Waals surface area contributed by atoms with Crippen LogP contribution in [-0.4, -0.2) is 69.3 Å². The minimum atomic E-state index is -1.69. The van der Waals surface area contributed by atoms with Gasteiger partial charge in [0.15, 0.2) is 0 Å². The molecule has 0 unspecified atom stereocenters. The molecule has 6 fully saturated rings. The van der Waals surface area contributed by atoms with Gasteiger partial charge in [-0.1, -0.05) is 110 Å². The maximum absolute atomic E-state index is 15.9. The molecule has 12 atom stereocenters. The van der Waals surface area contributed by atoms with Gasteiger partial charge in [0.2, 0.25) is 0 Å². The van der Waals surface area contributed by atoms with Gasteiger partial charge in [0.05, 0.1) is 34.1 Å². The van der Waals surface area contributed by atoms with E-state index in [2.05, 4.69) is 56.0 Å². The maximum atomic E-state index is 15.9. The molecule has 0 radical (unpaired) electrons. The highest BCUT2D eigenvalue weighted by atomic mass is 33.1. The van der Waals surface area contributed by atoms with Crippen molar-refractivity contribution in [1.82, 2.24) is 0 Å². The van der Waals surface area contributed by atoms with Crippen LogP contribution in [0.3, 0.4) is 0 Å². The minimum absolute atomic E-state index is 0.0766. The number of hydrogen-bond donors (Lipinski definition) is 3. The SMILES string of the molecule is C[C@@H]1CC[C@H](O)[C@]23[C@H](O)CC[C@@](C)(C4CCCCC4)[C@@H]2[C@H]2C[C@](C)(C#CC[C@]4(CCCC5(CCCC5)[C@@H]4CSSC[C@H](Cc4ccccc4)C1)C(=O)O2)[C@]3(O)CCC1=CC(=O)OC1. The Bertz CT molecular complexity index is 1910. The van der Waals surface area contributed by atoms with Crippen LogP contribution in [0, 0.1) is 68.5 Å². The number of rotatable bonds is 6. The van der Waals surface area contributed by atoms with Crippen molar-refractivity contribution < 1.29 is 34.4 Å². The predicted molar refractivity (Wildman–Crippen MR) is 252 cm³/mol. The summed E-state index contributed by atoms with van der Waals surface area (Å²) >= 11 is 0. The van der Waals surface area contributed by atoms with Crippen LogP contribution in [0.4, 0.5) is 0 Å². The Morgan fingerprint density at radius 2 is 1.57 bits per heavy atom. The van der Waals surface area contributed by atoms with Crippen LogP contribution in [0.2, 0.25) is 0 Å². The van der Waals surface area contributed by atoms with Gasteiger partial charge in [-0.25, -0.2) is 4.79 Å². The van der Waals surface area contributed by atoms with Crippen molar-refractivity contribution in [1.29, 1.82) is 0 Å². The summed E-state index contributed by atoms with van der Waals surface area (Å²) in [7, 11) is 3.97. The zero-order valence-corrected chi connectivity index (χ0v) is 40.2. The van der Waals surface area contributed by atoms with Crippen molar-refractivity contribution in [3.05, 3.63) is 47.5 Å². The molecule has 3 aliphatic heterocycles. The van der Waals surface area contributed by atoms with E-state index >= 15 is 4.79 Å². The van der Waals surface area contributed by atoms with E-state index in [1.54, 1.807) is 6.08 Å². The summed E-state index contributed by atoms with van der Waals surface area (Å²) in [5, 5.41) is 41.1. The Balaban J connectivity index is 1.23. The third kappa shape index (κ3) is 8.00. The summed E-state index contributed by atoms with van der Waals surface area (Å²) < 4.78 is 12.8. The number of aliphatic hydroxyl groups is 3. The first-order valence-electron chi connectivity index (χ1n) is 25.2. The molecule has 9 rings (SSSR count). The van der Waals surface area contributed by atoms with Gasteiger partial charge in [-0.3, -0.25) is 4.79 Å². The van der Waals surface area contributed by atoms with Gasteiger partial charge < -0.3 is 24.8 Å². The molecule has 7 nitrogen and oxygen atoms in total. The topological polar surface area (TPSA) is 113 Å². The van der Waals surface area contributed by atoms with Crippen LogP contribution in [0.15, 0.2) is 42.0 Å². The standard InChI is InChI=1S/C54H76O7S2/c1-37-18-19-44(55)54-45(56)21-28-50(3,41-16-8-5-9-17-41)47(54)42-33-49(2,53(54,59)29-20-39-32-46(57)60-34-39)22-12-26-52(48(58)61-42)27-13-25-51(23-10-11-24-51)43(52)36-63-62-35-40(30-37)31-38-14-6-4-7-15-38/h4,6-7,14-15,32,37,40-45,47,55-56,59H,5,8-11,13,16-21,23-31,33-36H2,1-3H3/t37-,40+,42-,43+,44+,45-,47+,49+,50+,52-,53-,54+/m1/s1. The van der Waals surface area contributed by atoms with Gasteiger partial charge in [-0.2, -0.15) is 0 Å². The molecule has 5 aliphatic carbocycles. The largest absolute Gasteiger partial charge is 0.462 e. The molecule has 1 saturated heterocycles. The van der Waals surface area contributed by atoms with Gasteiger partial charge in [0, 0.05) is 36.3 Å². The molecule has 1 aromatic rings. The number of aliphatic hydroxyl groups excluding tert-OH is 2. The van der Waals surface area contributed by atoms with Crippen molar-refractivity contribution in [3.8, 4) is 11.8 Å². The van der Waals surface area contributed by atoms with E-state index in [1.807, 2.05) is 28.5 Å². The predicted octanol–water partition coefficient (Wildman–Crippen LogP) is 10.8. The van der Waals surface area contributed by atoms with E-state index in [1.165, 1.54) is 24.8 Å². The molecule has 3 N–H and O–H groups in total. The average Bonchev–Trinajstić information content (AvgIpc) is 3.93. The van der Waals surface area contributed by atoms with Crippen molar-refractivity contribution in [2.75, 3.05) is 18.1 Å². The van der Waals surface area contributed by atoms with Crippen LogP contribution in [0.25, 0.3) is 0 Å². The lowest BCUT2D eigenvalue weighted by atomic mass is 9.35. The number of cyclic esters (lactones) is 1. The third-order valence-electron chi connectivity index (χ3n) is 19.4. The number of esters is 2. The molecule has 0 amide bonds. The lowest BCUT2D eigenvalue weighted by Gasteiger charge is -2.72. The molecule has 2 spiro atoms.